The molecule has 0 bridgehead atoms. The summed E-state index contributed by atoms with van der Waals surface area (Å²) >= 11 is 0. The van der Waals surface area contributed by atoms with Crippen LogP contribution in [0.25, 0.3) is 0 Å². The van der Waals surface area contributed by atoms with Crippen molar-refractivity contribution in [1.29, 1.82) is 0 Å². The van der Waals surface area contributed by atoms with Gasteiger partial charge < -0.3 is 19.7 Å². The lowest BCUT2D eigenvalue weighted by Gasteiger charge is -2.42. The number of hydrogen-bond donors (Lipinski definition) is 1. The van der Waals surface area contributed by atoms with Crippen LogP contribution >= 0.6 is 0 Å². The number of para-hydroxylation sites is 1. The van der Waals surface area contributed by atoms with Gasteiger partial charge in [-0.25, -0.2) is 4.79 Å². The van der Waals surface area contributed by atoms with E-state index in [-0.39, 0.29) is 5.97 Å². The minimum atomic E-state index is -0.347. The minimum absolute atomic E-state index is 0.346. The summed E-state index contributed by atoms with van der Waals surface area (Å²) in [6.45, 7) is 3.42. The van der Waals surface area contributed by atoms with Gasteiger partial charge >= 0.3 is 5.97 Å². The van der Waals surface area contributed by atoms with Crippen LogP contribution in [0.3, 0.4) is 0 Å². The molecule has 5 nitrogen and oxygen atoms in total. The number of hydrogen-bond acceptors (Lipinski definition) is 5. The Bertz CT molecular complexity index is 475. The number of nitrogens with one attached hydrogen (secondary N) is 1. The van der Waals surface area contributed by atoms with Gasteiger partial charge in [-0.15, -0.1) is 0 Å². The minimum Gasteiger partial charge on any atom is -0.488 e. The highest BCUT2D eigenvalue weighted by Crippen LogP contribution is 2.37. The summed E-state index contributed by atoms with van der Waals surface area (Å²) in [6, 6.07) is 5.96. The highest BCUT2D eigenvalue weighted by Gasteiger charge is 2.32. The highest BCUT2D eigenvalue weighted by molar-refractivity contribution is 5.95. The molecule has 0 aromatic heterocycles. The number of fused-ring (bicyclic) bond motifs is 3. The average molecular weight is 248 g/mol. The van der Waals surface area contributed by atoms with E-state index in [2.05, 4.69) is 10.2 Å². The lowest BCUT2D eigenvalue weighted by Crippen LogP contribution is -2.55. The number of rotatable bonds is 1. The van der Waals surface area contributed by atoms with E-state index in [0.29, 0.717) is 24.0 Å². The van der Waals surface area contributed by atoms with Crippen LogP contribution in [0.15, 0.2) is 18.2 Å². The molecule has 2 aliphatic rings. The normalized spacial score (nSPS) is 21.6. The quantitative estimate of drug-likeness (QED) is 0.739. The number of ether oxygens (including phenoxy) is 2. The maximum absolute atomic E-state index is 11.7. The van der Waals surface area contributed by atoms with Crippen LogP contribution < -0.4 is 15.0 Å². The van der Waals surface area contributed by atoms with Crippen LogP contribution in [-0.4, -0.2) is 45.4 Å². The predicted octanol–water partition coefficient (Wildman–Crippen LogP) is 0.644. The van der Waals surface area contributed by atoms with E-state index in [0.717, 1.165) is 25.3 Å². The Morgan fingerprint density at radius 3 is 3.28 bits per heavy atom. The van der Waals surface area contributed by atoms with E-state index in [1.165, 1.54) is 7.11 Å². The molecular weight excluding hydrogens is 232 g/mol. The Balaban J connectivity index is 2.02. The fourth-order valence-electron chi connectivity index (χ4n) is 2.58. The first kappa shape index (κ1) is 11.3. The number of piperazine rings is 1. The smallest absolute Gasteiger partial charge is 0.341 e. The van der Waals surface area contributed by atoms with Gasteiger partial charge in [0.1, 0.15) is 12.2 Å². The topological polar surface area (TPSA) is 50.8 Å². The van der Waals surface area contributed by atoms with E-state index in [4.69, 9.17) is 9.47 Å². The molecule has 1 saturated heterocycles. The molecule has 2 aliphatic heterocycles. The number of anilines is 1. The molecule has 18 heavy (non-hydrogen) atoms. The molecule has 96 valence electrons. The summed E-state index contributed by atoms with van der Waals surface area (Å²) in [7, 11) is 1.39. The van der Waals surface area contributed by atoms with E-state index < -0.39 is 0 Å². The van der Waals surface area contributed by atoms with Crippen molar-refractivity contribution in [3.8, 4) is 5.75 Å². The first-order chi connectivity index (χ1) is 8.81. The summed E-state index contributed by atoms with van der Waals surface area (Å²) in [4.78, 5) is 14.0. The van der Waals surface area contributed by atoms with Gasteiger partial charge in [0.25, 0.3) is 0 Å². The number of esters is 1. The lowest BCUT2D eigenvalue weighted by molar-refractivity contribution is 0.0594. The van der Waals surface area contributed by atoms with E-state index >= 15 is 0 Å². The fourth-order valence-corrected chi connectivity index (χ4v) is 2.58. The second-order valence-electron chi connectivity index (χ2n) is 4.51. The second-order valence-corrected chi connectivity index (χ2v) is 4.51. The third-order valence-corrected chi connectivity index (χ3v) is 3.48. The zero-order valence-corrected chi connectivity index (χ0v) is 10.3. The first-order valence-corrected chi connectivity index (χ1v) is 6.12. The molecule has 0 spiro atoms. The maximum Gasteiger partial charge on any atom is 0.341 e. The van der Waals surface area contributed by atoms with Gasteiger partial charge in [0.2, 0.25) is 0 Å². The van der Waals surface area contributed by atoms with E-state index in [9.17, 15) is 4.79 Å². The average Bonchev–Trinajstić information content (AvgIpc) is 2.45. The molecule has 1 unspecified atom stereocenters. The predicted molar refractivity (Wildman–Crippen MR) is 67.3 cm³/mol. The summed E-state index contributed by atoms with van der Waals surface area (Å²) in [6.07, 6.45) is 0. The number of benzene rings is 1. The van der Waals surface area contributed by atoms with Gasteiger partial charge in [0, 0.05) is 19.6 Å². The molecule has 1 atom stereocenters. The van der Waals surface area contributed by atoms with Crippen molar-refractivity contribution in [2.45, 2.75) is 6.04 Å². The Morgan fingerprint density at radius 2 is 2.44 bits per heavy atom. The largest absolute Gasteiger partial charge is 0.488 e. The molecule has 0 saturated carbocycles. The molecule has 1 fully saturated rings. The Kier molecular flexibility index (Phi) is 2.83. The van der Waals surface area contributed by atoms with Crippen molar-refractivity contribution in [2.75, 3.05) is 38.3 Å². The van der Waals surface area contributed by atoms with E-state index in [1.54, 1.807) is 6.07 Å². The fraction of sp³-hybridized carbons (Fsp3) is 0.462. The standard InChI is InChI=1S/C13H16N2O3/c1-17-13(16)10-3-2-4-11-12(10)18-8-9-7-14-5-6-15(9)11/h2-4,9,14H,5-8H2,1H3. The third kappa shape index (κ3) is 1.71. The monoisotopic (exact) mass is 248 g/mol. The molecule has 0 amide bonds. The number of carbonyl (C=O) groups excluding carboxylic acids is 1. The van der Waals surface area contributed by atoms with Crippen molar-refractivity contribution in [1.82, 2.24) is 5.32 Å². The molecule has 0 radical (unpaired) electrons. The van der Waals surface area contributed by atoms with Gasteiger partial charge in [-0.3, -0.25) is 0 Å². The van der Waals surface area contributed by atoms with Crippen molar-refractivity contribution < 1.29 is 14.3 Å². The van der Waals surface area contributed by atoms with Crippen LogP contribution in [-0.2, 0) is 4.74 Å². The van der Waals surface area contributed by atoms with Crippen LogP contribution in [0.2, 0.25) is 0 Å². The molecule has 3 rings (SSSR count). The summed E-state index contributed by atoms with van der Waals surface area (Å²) in [5.74, 6) is 0.308. The van der Waals surface area contributed by atoms with Crippen molar-refractivity contribution in [3.05, 3.63) is 23.8 Å². The van der Waals surface area contributed by atoms with Gasteiger partial charge in [-0.05, 0) is 12.1 Å². The number of carbonyl (C=O) groups is 1. The lowest BCUT2D eigenvalue weighted by atomic mass is 10.1. The summed E-state index contributed by atoms with van der Waals surface area (Å²) in [5.41, 5.74) is 1.50. The van der Waals surface area contributed by atoms with Gasteiger partial charge in [0.05, 0.1) is 18.8 Å². The van der Waals surface area contributed by atoms with Crippen LogP contribution in [0.1, 0.15) is 10.4 Å². The Morgan fingerprint density at radius 1 is 1.56 bits per heavy atom. The van der Waals surface area contributed by atoms with Crippen LogP contribution in [0.5, 0.6) is 5.75 Å². The van der Waals surface area contributed by atoms with Crippen molar-refractivity contribution in [3.63, 3.8) is 0 Å². The Hall–Kier alpha value is -1.75. The van der Waals surface area contributed by atoms with E-state index in [1.807, 2.05) is 12.1 Å². The summed E-state index contributed by atoms with van der Waals surface area (Å²) < 4.78 is 10.6. The van der Waals surface area contributed by atoms with Gasteiger partial charge in [-0.1, -0.05) is 6.07 Å². The first-order valence-electron chi connectivity index (χ1n) is 6.12. The molecular formula is C13H16N2O3. The molecule has 5 heteroatoms. The van der Waals surface area contributed by atoms with Gasteiger partial charge in [0.15, 0.2) is 5.75 Å². The highest BCUT2D eigenvalue weighted by atomic mass is 16.5. The maximum atomic E-state index is 11.7. The SMILES string of the molecule is COC(=O)c1cccc2c1OCC1CNCCN21. The second kappa shape index (κ2) is 4.49. The Labute approximate surface area is 106 Å². The molecule has 1 aromatic carbocycles. The molecule has 0 aliphatic carbocycles. The van der Waals surface area contributed by atoms with Gasteiger partial charge in [-0.2, -0.15) is 0 Å². The zero-order valence-electron chi connectivity index (χ0n) is 10.3. The molecule has 1 N–H and O–H groups in total. The van der Waals surface area contributed by atoms with Crippen molar-refractivity contribution >= 4 is 11.7 Å². The molecule has 2 heterocycles. The number of methoxy groups -OCH3 is 1. The molecule has 1 aromatic rings. The van der Waals surface area contributed by atoms with Crippen molar-refractivity contribution in [2.24, 2.45) is 0 Å². The number of nitrogens with zero attached hydrogens (tertiary/aromatic N) is 1. The zero-order chi connectivity index (χ0) is 12.5. The van der Waals surface area contributed by atoms with Crippen LogP contribution in [0.4, 0.5) is 5.69 Å². The third-order valence-electron chi connectivity index (χ3n) is 3.48. The summed E-state index contributed by atoms with van der Waals surface area (Å²) in [5, 5.41) is 3.35. The van der Waals surface area contributed by atoms with Crippen LogP contribution in [0, 0.1) is 0 Å².